The van der Waals surface area contributed by atoms with E-state index in [-0.39, 0.29) is 17.0 Å². The van der Waals surface area contributed by atoms with Gasteiger partial charge in [0.2, 0.25) is 5.56 Å². The Morgan fingerprint density at radius 3 is 2.76 bits per heavy atom. The van der Waals surface area contributed by atoms with Gasteiger partial charge in [-0.25, -0.2) is 4.79 Å². The Morgan fingerprint density at radius 1 is 1.43 bits per heavy atom. The summed E-state index contributed by atoms with van der Waals surface area (Å²) in [4.78, 5) is 39.4. The second-order valence-electron chi connectivity index (χ2n) is 5.85. The number of carboxylic acids is 1. The van der Waals surface area contributed by atoms with Gasteiger partial charge in [-0.2, -0.15) is 0 Å². The standard InChI is InChI=1S/C15H20N2O4/c1-9(2)6-11-7-10(8-13(18)16-11)14(19)17-5-3-4-12(17)15(20)21/h7-9,12H,3-6H2,1-2H3,(H,16,18)(H,20,21)/t12-/m1/s1. The number of aliphatic carboxylic acids is 1. The second-order valence-corrected chi connectivity index (χ2v) is 5.85. The van der Waals surface area contributed by atoms with Gasteiger partial charge in [-0.05, 0) is 31.2 Å². The number of rotatable bonds is 4. The number of aromatic amines is 1. The van der Waals surface area contributed by atoms with Crippen molar-refractivity contribution in [2.45, 2.75) is 39.2 Å². The Labute approximate surface area is 122 Å². The molecule has 1 aliphatic rings. The van der Waals surface area contributed by atoms with Gasteiger partial charge in [0.1, 0.15) is 6.04 Å². The number of amides is 1. The molecule has 1 fully saturated rings. The van der Waals surface area contributed by atoms with E-state index in [9.17, 15) is 14.4 Å². The van der Waals surface area contributed by atoms with Crippen LogP contribution in [0.5, 0.6) is 0 Å². The largest absolute Gasteiger partial charge is 0.480 e. The molecule has 6 nitrogen and oxygen atoms in total. The van der Waals surface area contributed by atoms with Crippen LogP contribution in [0.1, 0.15) is 42.7 Å². The molecule has 114 valence electrons. The fourth-order valence-electron chi connectivity index (χ4n) is 2.71. The minimum atomic E-state index is -0.993. The zero-order chi connectivity index (χ0) is 15.6. The zero-order valence-corrected chi connectivity index (χ0v) is 12.3. The molecule has 2 rings (SSSR count). The molecule has 2 heterocycles. The number of carbonyl (C=O) groups is 2. The summed E-state index contributed by atoms with van der Waals surface area (Å²) in [6, 6.07) is 2.11. The molecule has 21 heavy (non-hydrogen) atoms. The number of H-pyrrole nitrogens is 1. The number of pyridine rings is 1. The maximum atomic E-state index is 12.5. The summed E-state index contributed by atoms with van der Waals surface area (Å²) >= 11 is 0. The minimum absolute atomic E-state index is 0.266. The summed E-state index contributed by atoms with van der Waals surface area (Å²) in [6.07, 6.45) is 1.80. The van der Waals surface area contributed by atoms with E-state index in [1.165, 1.54) is 11.0 Å². The van der Waals surface area contributed by atoms with Gasteiger partial charge in [0, 0.05) is 23.9 Å². The van der Waals surface area contributed by atoms with Crippen molar-refractivity contribution in [1.29, 1.82) is 0 Å². The highest BCUT2D eigenvalue weighted by Gasteiger charge is 2.34. The van der Waals surface area contributed by atoms with Crippen LogP contribution in [-0.4, -0.2) is 39.5 Å². The monoisotopic (exact) mass is 292 g/mol. The van der Waals surface area contributed by atoms with Gasteiger partial charge in [-0.1, -0.05) is 13.8 Å². The van der Waals surface area contributed by atoms with E-state index in [2.05, 4.69) is 4.98 Å². The summed E-state index contributed by atoms with van der Waals surface area (Å²) in [5.74, 6) is -1.02. The predicted octanol–water partition coefficient (Wildman–Crippen LogP) is 1.26. The molecule has 2 N–H and O–H groups in total. The predicted molar refractivity (Wildman–Crippen MR) is 77.3 cm³/mol. The molecule has 1 amide bonds. The fourth-order valence-corrected chi connectivity index (χ4v) is 2.71. The van der Waals surface area contributed by atoms with E-state index in [0.29, 0.717) is 37.4 Å². The maximum Gasteiger partial charge on any atom is 0.326 e. The molecule has 0 bridgehead atoms. The summed E-state index contributed by atoms with van der Waals surface area (Å²) in [5.41, 5.74) is 0.636. The van der Waals surface area contributed by atoms with Crippen molar-refractivity contribution in [3.63, 3.8) is 0 Å². The first-order valence-corrected chi connectivity index (χ1v) is 7.15. The van der Waals surface area contributed by atoms with Crippen molar-refractivity contribution in [2.24, 2.45) is 5.92 Å². The third kappa shape index (κ3) is 3.51. The number of hydrogen-bond acceptors (Lipinski definition) is 3. The molecule has 0 spiro atoms. The van der Waals surface area contributed by atoms with Crippen molar-refractivity contribution in [3.8, 4) is 0 Å². The van der Waals surface area contributed by atoms with E-state index >= 15 is 0 Å². The number of carbonyl (C=O) groups excluding carboxylic acids is 1. The van der Waals surface area contributed by atoms with Crippen molar-refractivity contribution in [1.82, 2.24) is 9.88 Å². The van der Waals surface area contributed by atoms with Crippen LogP contribution >= 0.6 is 0 Å². The Kier molecular flexibility index (Phi) is 4.45. The van der Waals surface area contributed by atoms with Crippen molar-refractivity contribution < 1.29 is 14.7 Å². The molecule has 6 heteroatoms. The SMILES string of the molecule is CC(C)Cc1cc(C(=O)N2CCC[C@@H]2C(=O)O)cc(=O)[nH]1. The first kappa shape index (κ1) is 15.3. The van der Waals surface area contributed by atoms with E-state index in [1.807, 2.05) is 13.8 Å². The lowest BCUT2D eigenvalue weighted by molar-refractivity contribution is -0.141. The normalized spacial score (nSPS) is 18.2. The molecule has 1 aliphatic heterocycles. The summed E-state index contributed by atoms with van der Waals surface area (Å²) < 4.78 is 0. The summed E-state index contributed by atoms with van der Waals surface area (Å²) in [6.45, 7) is 4.46. The lowest BCUT2D eigenvalue weighted by Gasteiger charge is -2.21. The van der Waals surface area contributed by atoms with Crippen molar-refractivity contribution >= 4 is 11.9 Å². The quantitative estimate of drug-likeness (QED) is 0.874. The third-order valence-electron chi connectivity index (χ3n) is 3.57. The first-order chi connectivity index (χ1) is 9.88. The van der Waals surface area contributed by atoms with E-state index in [0.717, 1.165) is 0 Å². The molecular weight excluding hydrogens is 272 g/mol. The Morgan fingerprint density at radius 2 is 2.14 bits per heavy atom. The molecule has 1 aromatic rings. The van der Waals surface area contributed by atoms with Crippen LogP contribution < -0.4 is 5.56 Å². The highest BCUT2D eigenvalue weighted by Crippen LogP contribution is 2.20. The number of hydrogen-bond donors (Lipinski definition) is 2. The lowest BCUT2D eigenvalue weighted by Crippen LogP contribution is -2.40. The molecule has 1 saturated heterocycles. The van der Waals surface area contributed by atoms with Crippen molar-refractivity contribution in [3.05, 3.63) is 33.7 Å². The van der Waals surface area contributed by atoms with Gasteiger partial charge in [-0.15, -0.1) is 0 Å². The van der Waals surface area contributed by atoms with Crippen LogP contribution in [0, 0.1) is 5.92 Å². The highest BCUT2D eigenvalue weighted by atomic mass is 16.4. The highest BCUT2D eigenvalue weighted by molar-refractivity contribution is 5.96. The van der Waals surface area contributed by atoms with Gasteiger partial charge in [0.15, 0.2) is 0 Å². The molecule has 1 atom stereocenters. The summed E-state index contributed by atoms with van der Waals surface area (Å²) in [5, 5.41) is 9.15. The van der Waals surface area contributed by atoms with Gasteiger partial charge in [0.05, 0.1) is 0 Å². The topological polar surface area (TPSA) is 90.5 Å². The molecule has 0 unspecified atom stereocenters. The van der Waals surface area contributed by atoms with Crippen LogP contribution in [0.15, 0.2) is 16.9 Å². The second kappa shape index (κ2) is 6.11. The number of aromatic nitrogens is 1. The molecule has 0 saturated carbocycles. The van der Waals surface area contributed by atoms with E-state index in [4.69, 9.17) is 5.11 Å². The zero-order valence-electron chi connectivity index (χ0n) is 12.3. The average molecular weight is 292 g/mol. The molecule has 0 radical (unpaired) electrons. The average Bonchev–Trinajstić information content (AvgIpc) is 2.85. The molecule has 0 aromatic carbocycles. The maximum absolute atomic E-state index is 12.5. The van der Waals surface area contributed by atoms with Crippen molar-refractivity contribution in [2.75, 3.05) is 6.54 Å². The van der Waals surface area contributed by atoms with E-state index in [1.54, 1.807) is 6.07 Å². The number of nitrogens with zero attached hydrogens (tertiary/aromatic N) is 1. The van der Waals surface area contributed by atoms with Crippen LogP contribution in [0.3, 0.4) is 0 Å². The minimum Gasteiger partial charge on any atom is -0.480 e. The fraction of sp³-hybridized carbons (Fsp3) is 0.533. The first-order valence-electron chi connectivity index (χ1n) is 7.15. The Bertz CT molecular complexity index is 606. The third-order valence-corrected chi connectivity index (χ3v) is 3.57. The van der Waals surface area contributed by atoms with Gasteiger partial charge < -0.3 is 15.0 Å². The smallest absolute Gasteiger partial charge is 0.326 e. The Balaban J connectivity index is 2.28. The lowest BCUT2D eigenvalue weighted by atomic mass is 10.1. The van der Waals surface area contributed by atoms with Crippen LogP contribution in [0.4, 0.5) is 0 Å². The molecule has 1 aromatic heterocycles. The summed E-state index contributed by atoms with van der Waals surface area (Å²) in [7, 11) is 0. The number of nitrogens with one attached hydrogen (secondary N) is 1. The van der Waals surface area contributed by atoms with Crippen LogP contribution in [0.25, 0.3) is 0 Å². The van der Waals surface area contributed by atoms with Gasteiger partial charge >= 0.3 is 5.97 Å². The van der Waals surface area contributed by atoms with E-state index < -0.39 is 12.0 Å². The van der Waals surface area contributed by atoms with Gasteiger partial charge in [0.25, 0.3) is 5.91 Å². The molecule has 0 aliphatic carbocycles. The molecular formula is C15H20N2O4. The number of carboxylic acid groups (broad SMARTS) is 1. The van der Waals surface area contributed by atoms with Crippen LogP contribution in [-0.2, 0) is 11.2 Å². The van der Waals surface area contributed by atoms with Crippen LogP contribution in [0.2, 0.25) is 0 Å². The van der Waals surface area contributed by atoms with Gasteiger partial charge in [-0.3, -0.25) is 9.59 Å². The Hall–Kier alpha value is -2.11. The number of likely N-dealkylation sites (tertiary alicyclic amines) is 1.